The summed E-state index contributed by atoms with van der Waals surface area (Å²) in [5.41, 5.74) is 6.20. The van der Waals surface area contributed by atoms with Gasteiger partial charge in [-0.15, -0.1) is 0 Å². The van der Waals surface area contributed by atoms with E-state index in [9.17, 15) is 9.59 Å². The SMILES string of the molecule is CC1(C(=O)Nc2cc(Cl)c(N)c(Cl)c2)Cc2ccccc2C(=O)O1. The summed E-state index contributed by atoms with van der Waals surface area (Å²) in [6.07, 6.45) is 0.275. The number of benzene rings is 2. The van der Waals surface area contributed by atoms with E-state index in [0.29, 0.717) is 11.3 Å². The average molecular weight is 365 g/mol. The van der Waals surface area contributed by atoms with Crippen molar-refractivity contribution in [2.24, 2.45) is 0 Å². The molecule has 1 aliphatic heterocycles. The topological polar surface area (TPSA) is 81.4 Å². The van der Waals surface area contributed by atoms with Gasteiger partial charge in [-0.3, -0.25) is 4.79 Å². The Bertz CT molecular complexity index is 830. The summed E-state index contributed by atoms with van der Waals surface area (Å²) in [4.78, 5) is 24.8. The number of ether oxygens (including phenoxy) is 1. The number of hydrogen-bond donors (Lipinski definition) is 2. The largest absolute Gasteiger partial charge is 0.445 e. The normalized spacial score (nSPS) is 19.4. The van der Waals surface area contributed by atoms with Gasteiger partial charge < -0.3 is 15.8 Å². The Kier molecular flexibility index (Phi) is 4.15. The minimum absolute atomic E-state index is 0.230. The standard InChI is InChI=1S/C17H14Cl2N2O3/c1-17(8-9-4-2-3-5-11(9)15(22)24-17)16(23)21-10-6-12(18)14(20)13(19)7-10/h2-7H,8,20H2,1H3,(H,21,23). The van der Waals surface area contributed by atoms with Gasteiger partial charge in [-0.2, -0.15) is 0 Å². The molecule has 3 N–H and O–H groups in total. The molecule has 3 rings (SSSR count). The van der Waals surface area contributed by atoms with Crippen LogP contribution < -0.4 is 11.1 Å². The quantitative estimate of drug-likeness (QED) is 0.628. The van der Waals surface area contributed by atoms with E-state index in [-0.39, 0.29) is 22.2 Å². The molecule has 0 saturated heterocycles. The van der Waals surface area contributed by atoms with Crippen LogP contribution in [-0.2, 0) is 16.0 Å². The third-order valence-electron chi connectivity index (χ3n) is 3.90. The van der Waals surface area contributed by atoms with E-state index in [1.165, 1.54) is 12.1 Å². The Balaban J connectivity index is 1.87. The minimum atomic E-state index is -1.33. The molecule has 0 saturated carbocycles. The highest BCUT2D eigenvalue weighted by atomic mass is 35.5. The summed E-state index contributed by atoms with van der Waals surface area (Å²) in [6.45, 7) is 1.57. The zero-order valence-electron chi connectivity index (χ0n) is 12.7. The van der Waals surface area contributed by atoms with Crippen LogP contribution in [-0.4, -0.2) is 17.5 Å². The third-order valence-corrected chi connectivity index (χ3v) is 4.53. The van der Waals surface area contributed by atoms with Gasteiger partial charge in [0.05, 0.1) is 21.3 Å². The highest BCUT2D eigenvalue weighted by molar-refractivity contribution is 6.39. The fourth-order valence-corrected chi connectivity index (χ4v) is 3.07. The molecule has 0 spiro atoms. The van der Waals surface area contributed by atoms with Gasteiger partial charge in [0.1, 0.15) is 0 Å². The molecule has 0 aromatic heterocycles. The van der Waals surface area contributed by atoms with Gasteiger partial charge in [0, 0.05) is 12.1 Å². The number of nitrogen functional groups attached to an aromatic ring is 1. The molecule has 5 nitrogen and oxygen atoms in total. The molecular formula is C17H14Cl2N2O3. The first-order valence-electron chi connectivity index (χ1n) is 7.17. The maximum atomic E-state index is 12.6. The average Bonchev–Trinajstić information content (AvgIpc) is 2.52. The number of nitrogens with two attached hydrogens (primary N) is 1. The van der Waals surface area contributed by atoms with Gasteiger partial charge in [0.25, 0.3) is 5.91 Å². The predicted molar refractivity (Wildman–Crippen MR) is 93.5 cm³/mol. The molecule has 0 bridgehead atoms. The lowest BCUT2D eigenvalue weighted by Gasteiger charge is -2.33. The van der Waals surface area contributed by atoms with Crippen LogP contribution >= 0.6 is 23.2 Å². The first-order chi connectivity index (χ1) is 11.3. The lowest BCUT2D eigenvalue weighted by Crippen LogP contribution is -2.48. The number of rotatable bonds is 2. The maximum Gasteiger partial charge on any atom is 0.339 e. The molecule has 1 heterocycles. The van der Waals surface area contributed by atoms with Crippen molar-refractivity contribution in [2.45, 2.75) is 18.9 Å². The smallest absolute Gasteiger partial charge is 0.339 e. The second kappa shape index (κ2) is 6.00. The molecule has 1 aliphatic rings. The molecule has 24 heavy (non-hydrogen) atoms. The van der Waals surface area contributed by atoms with Gasteiger partial charge in [-0.25, -0.2) is 4.79 Å². The van der Waals surface area contributed by atoms with E-state index in [2.05, 4.69) is 5.32 Å². The molecular weight excluding hydrogens is 351 g/mol. The lowest BCUT2D eigenvalue weighted by atomic mass is 9.89. The molecule has 0 radical (unpaired) electrons. The molecule has 0 aliphatic carbocycles. The number of halogens is 2. The number of cyclic esters (lactones) is 1. The van der Waals surface area contributed by atoms with E-state index in [1.807, 2.05) is 6.07 Å². The van der Waals surface area contributed by atoms with Crippen LogP contribution in [0.5, 0.6) is 0 Å². The fourth-order valence-electron chi connectivity index (χ4n) is 2.58. The van der Waals surface area contributed by atoms with Crippen molar-refractivity contribution in [3.05, 3.63) is 57.6 Å². The zero-order valence-corrected chi connectivity index (χ0v) is 14.2. The zero-order chi connectivity index (χ0) is 17.5. The Morgan fingerprint density at radius 3 is 2.54 bits per heavy atom. The second-order valence-corrected chi connectivity index (χ2v) is 6.58. The van der Waals surface area contributed by atoms with Crippen LogP contribution in [0.2, 0.25) is 10.0 Å². The molecule has 124 valence electrons. The molecule has 2 aromatic carbocycles. The summed E-state index contributed by atoms with van der Waals surface area (Å²) in [5.74, 6) is -0.995. The van der Waals surface area contributed by atoms with Gasteiger partial charge in [-0.05, 0) is 30.7 Å². The number of amides is 1. The minimum Gasteiger partial charge on any atom is -0.445 e. The molecule has 1 unspecified atom stereocenters. The van der Waals surface area contributed by atoms with E-state index < -0.39 is 17.5 Å². The predicted octanol–water partition coefficient (Wildman–Crippen LogP) is 3.69. The fraction of sp³-hybridized carbons (Fsp3) is 0.176. The van der Waals surface area contributed by atoms with Gasteiger partial charge in [-0.1, -0.05) is 41.4 Å². The van der Waals surface area contributed by atoms with Gasteiger partial charge in [0.15, 0.2) is 5.60 Å². The van der Waals surface area contributed by atoms with Crippen molar-refractivity contribution in [1.29, 1.82) is 0 Å². The summed E-state index contributed by atoms with van der Waals surface area (Å²) >= 11 is 11.9. The maximum absolute atomic E-state index is 12.6. The number of carbonyl (C=O) groups is 2. The number of hydrogen-bond acceptors (Lipinski definition) is 4. The van der Waals surface area contributed by atoms with Crippen molar-refractivity contribution in [2.75, 3.05) is 11.1 Å². The van der Waals surface area contributed by atoms with Crippen molar-refractivity contribution < 1.29 is 14.3 Å². The van der Waals surface area contributed by atoms with Gasteiger partial charge in [0.2, 0.25) is 0 Å². The number of anilines is 2. The van der Waals surface area contributed by atoms with Crippen LogP contribution in [0.15, 0.2) is 36.4 Å². The second-order valence-electron chi connectivity index (χ2n) is 5.76. The van der Waals surface area contributed by atoms with Crippen LogP contribution in [0.25, 0.3) is 0 Å². The van der Waals surface area contributed by atoms with Crippen molar-refractivity contribution in [3.63, 3.8) is 0 Å². The van der Waals surface area contributed by atoms with Crippen molar-refractivity contribution in [3.8, 4) is 0 Å². The summed E-state index contributed by atoms with van der Waals surface area (Å²) in [7, 11) is 0. The number of carbonyl (C=O) groups excluding carboxylic acids is 2. The van der Waals surface area contributed by atoms with Gasteiger partial charge >= 0.3 is 5.97 Å². The van der Waals surface area contributed by atoms with Crippen molar-refractivity contribution >= 4 is 46.5 Å². The highest BCUT2D eigenvalue weighted by Gasteiger charge is 2.42. The summed E-state index contributed by atoms with van der Waals surface area (Å²) in [6, 6.07) is 10.0. The number of esters is 1. The first kappa shape index (κ1) is 16.6. The Hall–Kier alpha value is -2.24. The molecule has 1 atom stereocenters. The van der Waals surface area contributed by atoms with Crippen LogP contribution in [0.4, 0.5) is 11.4 Å². The van der Waals surface area contributed by atoms with E-state index >= 15 is 0 Å². The van der Waals surface area contributed by atoms with E-state index in [1.54, 1.807) is 25.1 Å². The Morgan fingerprint density at radius 2 is 1.88 bits per heavy atom. The summed E-state index contributed by atoms with van der Waals surface area (Å²) < 4.78 is 5.38. The lowest BCUT2D eigenvalue weighted by molar-refractivity contribution is -0.134. The van der Waals surface area contributed by atoms with E-state index in [0.717, 1.165) is 5.56 Å². The molecule has 0 fully saturated rings. The summed E-state index contributed by atoms with van der Waals surface area (Å²) in [5, 5.41) is 3.13. The van der Waals surface area contributed by atoms with Crippen LogP contribution in [0.1, 0.15) is 22.8 Å². The van der Waals surface area contributed by atoms with Crippen molar-refractivity contribution in [1.82, 2.24) is 0 Å². The molecule has 1 amide bonds. The highest BCUT2D eigenvalue weighted by Crippen LogP contribution is 2.33. The van der Waals surface area contributed by atoms with Crippen LogP contribution in [0, 0.1) is 0 Å². The number of fused-ring (bicyclic) bond motifs is 1. The third kappa shape index (κ3) is 2.92. The number of nitrogens with one attached hydrogen (secondary N) is 1. The Morgan fingerprint density at radius 1 is 1.25 bits per heavy atom. The van der Waals surface area contributed by atoms with Crippen LogP contribution in [0.3, 0.4) is 0 Å². The first-order valence-corrected chi connectivity index (χ1v) is 7.93. The Labute approximate surface area is 148 Å². The monoisotopic (exact) mass is 364 g/mol. The van der Waals surface area contributed by atoms with E-state index in [4.69, 9.17) is 33.7 Å². The molecule has 7 heteroatoms. The molecule has 2 aromatic rings.